The van der Waals surface area contributed by atoms with Crippen LogP contribution < -0.4 is 0 Å². The second-order valence-corrected chi connectivity index (χ2v) is 5.03. The number of rotatable bonds is 5. The van der Waals surface area contributed by atoms with Crippen LogP contribution >= 0.6 is 15.9 Å². The normalized spacial score (nSPS) is 15.5. The smallest absolute Gasteiger partial charge is 0.330 e. The quantitative estimate of drug-likeness (QED) is 0.535. The molecule has 0 aliphatic rings. The van der Waals surface area contributed by atoms with Gasteiger partial charge in [0.25, 0.3) is 0 Å². The lowest BCUT2D eigenvalue weighted by Crippen LogP contribution is -2.25. The van der Waals surface area contributed by atoms with Crippen molar-refractivity contribution in [3.8, 4) is 0 Å². The summed E-state index contributed by atoms with van der Waals surface area (Å²) in [7, 11) is -6.18. The fourth-order valence-corrected chi connectivity index (χ4v) is 2.38. The first kappa shape index (κ1) is 13.4. The first-order valence-corrected chi connectivity index (χ1v) is 6.23. The average molecular weight is 242 g/mol. The van der Waals surface area contributed by atoms with E-state index in [-0.39, 0.29) is 0 Å². The van der Waals surface area contributed by atoms with Crippen LogP contribution in [0.2, 0.25) is 0 Å². The Kier molecular flexibility index (Phi) is 5.12. The zero-order chi connectivity index (χ0) is 11.4. The Morgan fingerprint density at radius 1 is 1.79 bits per heavy atom. The molecule has 0 aromatic carbocycles. The molecule has 0 aromatic heterocycles. The number of nitrogens with zero attached hydrogens (tertiary/aromatic N) is 1. The highest BCUT2D eigenvalue weighted by Gasteiger charge is 2.34. The van der Waals surface area contributed by atoms with Crippen LogP contribution in [0.25, 0.3) is 0 Å². The van der Waals surface area contributed by atoms with Crippen molar-refractivity contribution in [1.82, 2.24) is 4.90 Å². The van der Waals surface area contributed by atoms with Crippen LogP contribution in [0.4, 0.5) is 0 Å². The van der Waals surface area contributed by atoms with Crippen LogP contribution in [-0.2, 0) is 18.2 Å². The van der Waals surface area contributed by atoms with E-state index in [9.17, 15) is 13.9 Å². The van der Waals surface area contributed by atoms with Gasteiger partial charge in [-0.05, 0) is 10.4 Å². The van der Waals surface area contributed by atoms with Gasteiger partial charge in [0, 0.05) is 11.6 Å². The topological polar surface area (TPSA) is 104 Å². The van der Waals surface area contributed by atoms with Gasteiger partial charge in [0.2, 0.25) is 5.91 Å². The Morgan fingerprint density at radius 3 is 2.64 bits per heavy atom. The summed E-state index contributed by atoms with van der Waals surface area (Å²) in [4.78, 5) is 28.9. The van der Waals surface area contributed by atoms with Gasteiger partial charge in [-0.1, -0.05) is 6.58 Å². The van der Waals surface area contributed by atoms with Gasteiger partial charge in [-0.15, -0.1) is 4.89 Å². The maximum Gasteiger partial charge on any atom is 0.703 e. The lowest BCUT2D eigenvalue weighted by Gasteiger charge is -2.14. The van der Waals surface area contributed by atoms with Gasteiger partial charge in [0.1, 0.15) is 6.29 Å². The molecule has 14 heavy (non-hydrogen) atoms. The van der Waals surface area contributed by atoms with Crippen molar-refractivity contribution in [2.75, 3.05) is 13.3 Å². The van der Waals surface area contributed by atoms with Gasteiger partial charge in [0.05, 0.1) is 0 Å². The molecule has 0 heterocycles. The summed E-state index contributed by atoms with van der Waals surface area (Å²) in [6, 6.07) is 0. The Hall–Kier alpha value is -0.580. The van der Waals surface area contributed by atoms with Crippen molar-refractivity contribution >= 4 is 21.8 Å². The number of hydrogen-bond donors (Lipinski definition) is 2. The van der Waals surface area contributed by atoms with Crippen molar-refractivity contribution in [3.63, 3.8) is 0 Å². The van der Waals surface area contributed by atoms with Gasteiger partial charge >= 0.3 is 15.9 Å². The third-order valence-electron chi connectivity index (χ3n) is 1.14. The van der Waals surface area contributed by atoms with E-state index in [2.05, 4.69) is 10.9 Å². The molecule has 9 heteroatoms. The molecule has 7 nitrogen and oxygen atoms in total. The number of hydrogen-bond acceptors (Lipinski definition) is 4. The molecule has 0 rings (SSSR count). The summed E-state index contributed by atoms with van der Waals surface area (Å²) < 4.78 is 25.0. The van der Waals surface area contributed by atoms with Crippen LogP contribution in [0.5, 0.6) is 0 Å². The first-order chi connectivity index (χ1) is 6.28. The van der Waals surface area contributed by atoms with Gasteiger partial charge < -0.3 is 9.79 Å². The maximum atomic E-state index is 11.0. The zero-order valence-electron chi connectivity index (χ0n) is 7.36. The minimum Gasteiger partial charge on any atom is -0.330 e. The molecule has 0 aromatic rings. The summed E-state index contributed by atoms with van der Waals surface area (Å²) in [5, 5.41) is 0. The highest BCUT2D eigenvalue weighted by atomic mass is 31.2. The minimum absolute atomic E-state index is 0.587. The van der Waals surface area contributed by atoms with Crippen molar-refractivity contribution in [1.29, 1.82) is 0 Å². The average Bonchev–Trinajstić information content (AvgIpc) is 1.99. The summed E-state index contributed by atoms with van der Waals surface area (Å²) >= 11 is 0. The highest BCUT2D eigenvalue weighted by Crippen LogP contribution is 2.49. The molecule has 0 saturated heterocycles. The molecular weight excluding hydrogens is 232 g/mol. The van der Waals surface area contributed by atoms with Gasteiger partial charge in [-0.3, -0.25) is 9.36 Å². The van der Waals surface area contributed by atoms with E-state index in [1.807, 2.05) is 0 Å². The maximum absolute atomic E-state index is 11.0. The number of likely N-dealkylation sites (N-methyl/N-ethyl adjacent to an activating group) is 1. The van der Waals surface area contributed by atoms with E-state index in [1.165, 1.54) is 7.05 Å². The summed E-state index contributed by atoms with van der Waals surface area (Å²) in [6.45, 7) is 3.16. The Morgan fingerprint density at radius 2 is 2.29 bits per heavy atom. The molecule has 0 aliphatic carbocycles. The molecule has 0 radical (unpaired) electrons. The minimum atomic E-state index is -4.25. The van der Waals surface area contributed by atoms with E-state index < -0.39 is 28.0 Å². The summed E-state index contributed by atoms with van der Waals surface area (Å²) in [5.74, 6) is -0.587. The summed E-state index contributed by atoms with van der Waals surface area (Å²) in [5.41, 5.74) is 0. The monoisotopic (exact) mass is 242 g/mol. The zero-order valence-corrected chi connectivity index (χ0v) is 9.15. The fourth-order valence-electron chi connectivity index (χ4n) is 0.629. The van der Waals surface area contributed by atoms with Crippen LogP contribution in [0.1, 0.15) is 0 Å². The highest BCUT2D eigenvalue weighted by molar-refractivity contribution is 7.59. The first-order valence-electron chi connectivity index (χ1n) is 3.33. The molecule has 2 unspecified atom stereocenters. The Balaban J connectivity index is 4.35. The molecular formula is C5H10NO6P2+. The predicted molar refractivity (Wildman–Crippen MR) is 48.6 cm³/mol. The second kappa shape index (κ2) is 5.34. The molecule has 0 aliphatic heterocycles. The van der Waals surface area contributed by atoms with Gasteiger partial charge in [-0.25, -0.2) is 0 Å². The molecule has 0 spiro atoms. The standard InChI is InChI=1S/C5H9NO6P2/c1-3-5(7)6(2)4-14(10,11)12-13(8)9/h3H,1,4H2,2H3,(H-,8,9,10,11)/p+1. The van der Waals surface area contributed by atoms with Crippen LogP contribution in [-0.4, -0.2) is 33.9 Å². The van der Waals surface area contributed by atoms with E-state index in [0.29, 0.717) is 0 Å². The number of amides is 1. The molecule has 0 saturated carbocycles. The number of carbonyl (C=O) groups is 1. The molecule has 80 valence electrons. The number of carbonyl (C=O) groups excluding carboxylic acids is 1. The SMILES string of the molecule is C=CC(=O)N(C)CP(=O)(O)O[P+](=O)O. The van der Waals surface area contributed by atoms with E-state index >= 15 is 0 Å². The fraction of sp³-hybridized carbons (Fsp3) is 0.400. The Labute approximate surface area is 81.5 Å². The summed E-state index contributed by atoms with van der Waals surface area (Å²) in [6.07, 6.45) is 0.276. The predicted octanol–water partition coefficient (Wildman–Crippen LogP) is 0.440. The Bertz CT molecular complexity index is 303. The lowest BCUT2D eigenvalue weighted by atomic mass is 10.5. The van der Waals surface area contributed by atoms with Crippen molar-refractivity contribution in [2.45, 2.75) is 0 Å². The molecule has 0 fully saturated rings. The van der Waals surface area contributed by atoms with Gasteiger partial charge in [-0.2, -0.15) is 0 Å². The molecule has 2 atom stereocenters. The van der Waals surface area contributed by atoms with Crippen LogP contribution in [0, 0.1) is 0 Å². The molecule has 0 bridgehead atoms. The molecule has 1 amide bonds. The van der Waals surface area contributed by atoms with E-state index in [4.69, 9.17) is 9.79 Å². The van der Waals surface area contributed by atoms with Crippen molar-refractivity contribution in [2.24, 2.45) is 0 Å². The van der Waals surface area contributed by atoms with Crippen LogP contribution in [0.3, 0.4) is 0 Å². The van der Waals surface area contributed by atoms with Crippen LogP contribution in [0.15, 0.2) is 12.7 Å². The van der Waals surface area contributed by atoms with Gasteiger partial charge in [0.15, 0.2) is 0 Å². The van der Waals surface area contributed by atoms with E-state index in [1.54, 1.807) is 0 Å². The third kappa shape index (κ3) is 5.21. The van der Waals surface area contributed by atoms with Crippen molar-refractivity contribution in [3.05, 3.63) is 12.7 Å². The third-order valence-corrected chi connectivity index (χ3v) is 3.50. The second-order valence-electron chi connectivity index (χ2n) is 2.34. The van der Waals surface area contributed by atoms with Crippen molar-refractivity contribution < 1.29 is 28.0 Å². The van der Waals surface area contributed by atoms with E-state index in [0.717, 1.165) is 11.0 Å². The molecule has 2 N–H and O–H groups in total. The largest absolute Gasteiger partial charge is 0.703 e. The lowest BCUT2D eigenvalue weighted by molar-refractivity contribution is -0.124.